The Balaban J connectivity index is 1.77. The number of ether oxygens (including phenoxy) is 3. The van der Waals surface area contributed by atoms with E-state index in [4.69, 9.17) is 19.0 Å². The van der Waals surface area contributed by atoms with Gasteiger partial charge in [-0.3, -0.25) is 0 Å². The van der Waals surface area contributed by atoms with E-state index in [0.717, 1.165) is 17.2 Å². The van der Waals surface area contributed by atoms with Crippen LogP contribution in [0.4, 0.5) is 29.3 Å². The van der Waals surface area contributed by atoms with Gasteiger partial charge in [0.2, 0.25) is 0 Å². The fraction of sp³-hybridized carbons (Fsp3) is 0.160. The summed E-state index contributed by atoms with van der Waals surface area (Å²) in [7, 11) is 4.04. The molecule has 4 aromatic rings. The van der Waals surface area contributed by atoms with Crippen LogP contribution in [0.2, 0.25) is 0 Å². The van der Waals surface area contributed by atoms with E-state index < -0.39 is 17.8 Å². The maximum absolute atomic E-state index is 13.4. The Morgan fingerprint density at radius 3 is 2.30 bits per heavy atom. The molecule has 192 valence electrons. The second-order valence-corrected chi connectivity index (χ2v) is 7.47. The predicted molar refractivity (Wildman–Crippen MR) is 129 cm³/mol. The summed E-state index contributed by atoms with van der Waals surface area (Å²) in [6, 6.07) is 15.2. The minimum absolute atomic E-state index is 0.0354. The highest BCUT2D eigenvalue weighted by Gasteiger charge is 2.32. The lowest BCUT2D eigenvalue weighted by atomic mass is 10.2. The summed E-state index contributed by atoms with van der Waals surface area (Å²) in [5, 5.41) is 3.62. The van der Waals surface area contributed by atoms with Gasteiger partial charge in [-0.2, -0.15) is 23.1 Å². The lowest BCUT2D eigenvalue weighted by molar-refractivity contribution is -0.137. The largest absolute Gasteiger partial charge is 0.497 e. The van der Waals surface area contributed by atoms with Crippen molar-refractivity contribution in [1.82, 2.24) is 9.97 Å². The highest BCUT2D eigenvalue weighted by molar-refractivity contribution is 6.01. The van der Waals surface area contributed by atoms with Gasteiger partial charge in [-0.15, -0.1) is 5.06 Å². The van der Waals surface area contributed by atoms with Gasteiger partial charge < -0.3 is 24.4 Å². The molecule has 4 rings (SSSR count). The summed E-state index contributed by atoms with van der Waals surface area (Å²) in [5.41, 5.74) is -0.480. The van der Waals surface area contributed by atoms with E-state index in [1.165, 1.54) is 27.4 Å². The summed E-state index contributed by atoms with van der Waals surface area (Å²) in [6.07, 6.45) is -4.66. The lowest BCUT2D eigenvalue weighted by Crippen LogP contribution is -2.38. The molecule has 9 nitrogen and oxygen atoms in total. The molecule has 0 aliphatic rings. The monoisotopic (exact) mass is 514 g/mol. The van der Waals surface area contributed by atoms with E-state index in [0.29, 0.717) is 16.7 Å². The van der Waals surface area contributed by atoms with Crippen LogP contribution in [0, 0.1) is 0 Å². The molecule has 0 atom stereocenters. The number of amides is 2. The molecule has 0 bridgehead atoms. The Morgan fingerprint density at radius 1 is 0.892 bits per heavy atom. The second kappa shape index (κ2) is 10.5. The smallest absolute Gasteiger partial charge is 0.416 e. The first-order chi connectivity index (χ1) is 17.7. The van der Waals surface area contributed by atoms with Crippen molar-refractivity contribution in [3.8, 4) is 23.4 Å². The maximum atomic E-state index is 13.4. The van der Waals surface area contributed by atoms with Crippen LogP contribution >= 0.6 is 0 Å². The summed E-state index contributed by atoms with van der Waals surface area (Å²) >= 11 is 0. The molecule has 37 heavy (non-hydrogen) atoms. The number of rotatable bonds is 7. The molecular formula is C25H21F3N4O5. The molecule has 0 saturated heterocycles. The molecule has 0 saturated carbocycles. The van der Waals surface area contributed by atoms with Crippen molar-refractivity contribution in [2.45, 2.75) is 6.18 Å². The van der Waals surface area contributed by atoms with Crippen molar-refractivity contribution < 1.29 is 37.0 Å². The molecule has 2 amide bonds. The molecule has 12 heteroatoms. The number of methoxy groups -OCH3 is 3. The average molecular weight is 514 g/mol. The SMILES string of the molecule is COc1cc(NC(=O)N(Oc2nc(OC)nc3cccc(OC)c23)c2ccccc2)cc(C(F)(F)F)c1. The molecule has 0 spiro atoms. The number of para-hydroxylation sites is 1. The third-order valence-electron chi connectivity index (χ3n) is 5.11. The molecule has 0 unspecified atom stereocenters. The molecule has 0 aliphatic carbocycles. The van der Waals surface area contributed by atoms with Gasteiger partial charge >= 0.3 is 18.2 Å². The number of nitrogens with zero attached hydrogens (tertiary/aromatic N) is 3. The first-order valence-corrected chi connectivity index (χ1v) is 10.7. The van der Waals surface area contributed by atoms with Crippen LogP contribution in [0.3, 0.4) is 0 Å². The lowest BCUT2D eigenvalue weighted by Gasteiger charge is -2.23. The normalized spacial score (nSPS) is 11.1. The number of alkyl halides is 3. The number of carbonyl (C=O) groups is 1. The van der Waals surface area contributed by atoms with Crippen molar-refractivity contribution in [1.29, 1.82) is 0 Å². The van der Waals surface area contributed by atoms with Crippen LogP contribution < -0.4 is 29.4 Å². The second-order valence-electron chi connectivity index (χ2n) is 7.47. The van der Waals surface area contributed by atoms with E-state index in [2.05, 4.69) is 15.3 Å². The van der Waals surface area contributed by atoms with Gasteiger partial charge in [-0.25, -0.2) is 4.79 Å². The molecule has 1 heterocycles. The molecular weight excluding hydrogens is 493 g/mol. The zero-order chi connectivity index (χ0) is 26.6. The van der Waals surface area contributed by atoms with Crippen molar-refractivity contribution >= 4 is 28.3 Å². The summed E-state index contributed by atoms with van der Waals surface area (Å²) in [6.45, 7) is 0. The maximum Gasteiger partial charge on any atom is 0.416 e. The predicted octanol–water partition coefficient (Wildman–Crippen LogP) is 5.71. The third-order valence-corrected chi connectivity index (χ3v) is 5.11. The van der Waals surface area contributed by atoms with Crippen molar-refractivity contribution in [3.05, 3.63) is 72.3 Å². The number of aromatic nitrogens is 2. The van der Waals surface area contributed by atoms with Crippen LogP contribution in [0.1, 0.15) is 5.56 Å². The Morgan fingerprint density at radius 2 is 1.65 bits per heavy atom. The first-order valence-electron chi connectivity index (χ1n) is 10.7. The fourth-order valence-corrected chi connectivity index (χ4v) is 3.41. The van der Waals surface area contributed by atoms with Crippen molar-refractivity contribution in [2.24, 2.45) is 0 Å². The van der Waals surface area contributed by atoms with Gasteiger partial charge in [0.1, 0.15) is 16.9 Å². The number of hydrogen-bond acceptors (Lipinski definition) is 7. The Labute approximate surface area is 209 Å². The minimum atomic E-state index is -4.66. The van der Waals surface area contributed by atoms with Crippen LogP contribution in [0.5, 0.6) is 23.4 Å². The number of carbonyl (C=O) groups excluding carboxylic acids is 1. The van der Waals surface area contributed by atoms with E-state index >= 15 is 0 Å². The number of halogens is 3. The van der Waals surface area contributed by atoms with Gasteiger partial charge in [0.05, 0.1) is 38.1 Å². The molecule has 1 N–H and O–H groups in total. The summed E-state index contributed by atoms with van der Waals surface area (Å²) in [4.78, 5) is 27.8. The molecule has 0 aliphatic heterocycles. The number of benzene rings is 3. The number of hydrogen-bond donors (Lipinski definition) is 1. The fourth-order valence-electron chi connectivity index (χ4n) is 3.41. The number of urea groups is 1. The number of fused-ring (bicyclic) bond motifs is 1. The van der Waals surface area contributed by atoms with Crippen molar-refractivity contribution in [3.63, 3.8) is 0 Å². The Kier molecular flexibility index (Phi) is 7.18. The van der Waals surface area contributed by atoms with E-state index in [1.807, 2.05) is 0 Å². The van der Waals surface area contributed by atoms with Crippen LogP contribution in [0.25, 0.3) is 10.9 Å². The molecule has 3 aromatic carbocycles. The van der Waals surface area contributed by atoms with Gasteiger partial charge in [-0.05, 0) is 36.4 Å². The zero-order valence-electron chi connectivity index (χ0n) is 19.9. The zero-order valence-corrected chi connectivity index (χ0v) is 19.9. The van der Waals surface area contributed by atoms with Gasteiger partial charge in [0.25, 0.3) is 5.88 Å². The summed E-state index contributed by atoms with van der Waals surface area (Å²) in [5.74, 6) is 0.194. The van der Waals surface area contributed by atoms with E-state index in [1.54, 1.807) is 48.5 Å². The van der Waals surface area contributed by atoms with Crippen LogP contribution in [-0.2, 0) is 6.18 Å². The third kappa shape index (κ3) is 5.58. The molecule has 1 aromatic heterocycles. The molecule has 0 fully saturated rings. The van der Waals surface area contributed by atoms with Crippen molar-refractivity contribution in [2.75, 3.05) is 31.7 Å². The highest BCUT2D eigenvalue weighted by Crippen LogP contribution is 2.36. The first kappa shape index (κ1) is 25.4. The van der Waals surface area contributed by atoms with Gasteiger partial charge in [-0.1, -0.05) is 24.3 Å². The number of anilines is 2. The van der Waals surface area contributed by atoms with E-state index in [-0.39, 0.29) is 29.0 Å². The average Bonchev–Trinajstić information content (AvgIpc) is 2.90. The van der Waals surface area contributed by atoms with Crippen LogP contribution in [0.15, 0.2) is 66.7 Å². The number of nitrogens with one attached hydrogen (secondary N) is 1. The summed E-state index contributed by atoms with van der Waals surface area (Å²) < 4.78 is 55.7. The Hall–Kier alpha value is -4.74. The topological polar surface area (TPSA) is 95.0 Å². The van der Waals surface area contributed by atoms with Gasteiger partial charge in [0.15, 0.2) is 0 Å². The molecule has 0 radical (unpaired) electrons. The standard InChI is InChI=1S/C25H21F3N4O5/c1-34-18-13-15(25(26,27)28)12-16(14-18)29-24(33)32(17-8-5-4-6-9-17)37-22-21-19(30-23(31-22)36-3)10-7-11-20(21)35-2/h4-14H,1-3H3,(H,29,33). The Bertz CT molecular complexity index is 1420. The van der Waals surface area contributed by atoms with Crippen LogP contribution in [-0.4, -0.2) is 37.3 Å². The van der Waals surface area contributed by atoms with E-state index in [9.17, 15) is 18.0 Å². The number of hydroxylamine groups is 1. The minimum Gasteiger partial charge on any atom is -0.497 e. The van der Waals surface area contributed by atoms with Gasteiger partial charge in [0, 0.05) is 11.8 Å². The quantitative estimate of drug-likeness (QED) is 0.316. The highest BCUT2D eigenvalue weighted by atomic mass is 19.4.